The second kappa shape index (κ2) is 11.5. The fraction of sp³-hybridized carbons (Fsp3) is 0. The first kappa shape index (κ1) is 28.5. The molecular formula is C46H31OP. The van der Waals surface area contributed by atoms with Crippen LogP contribution in [0.3, 0.4) is 0 Å². The first-order valence-corrected chi connectivity index (χ1v) is 18.1. The number of fused-ring (bicyclic) bond motifs is 6. The summed E-state index contributed by atoms with van der Waals surface area (Å²) >= 11 is 0. The van der Waals surface area contributed by atoms with Crippen molar-refractivity contribution in [2.24, 2.45) is 0 Å². The average Bonchev–Trinajstić information content (AvgIpc) is 3.17. The molecule has 2 heteroatoms. The van der Waals surface area contributed by atoms with E-state index in [-0.39, 0.29) is 0 Å². The molecule has 9 rings (SSSR count). The summed E-state index contributed by atoms with van der Waals surface area (Å²) in [5.41, 5.74) is 4.67. The fourth-order valence-electron chi connectivity index (χ4n) is 7.35. The molecule has 226 valence electrons. The summed E-state index contributed by atoms with van der Waals surface area (Å²) < 4.78 is 14.8. The van der Waals surface area contributed by atoms with E-state index in [0.717, 1.165) is 27.0 Å². The molecule has 0 amide bonds. The summed E-state index contributed by atoms with van der Waals surface area (Å²) in [6.07, 6.45) is 0. The van der Waals surface area contributed by atoms with Crippen LogP contribution >= 0.6 is 7.14 Å². The van der Waals surface area contributed by atoms with Gasteiger partial charge >= 0.3 is 0 Å². The zero-order chi connectivity index (χ0) is 32.1. The van der Waals surface area contributed by atoms with Crippen molar-refractivity contribution in [1.29, 1.82) is 0 Å². The lowest BCUT2D eigenvalue weighted by Gasteiger charge is -2.20. The van der Waals surface area contributed by atoms with Crippen molar-refractivity contribution < 1.29 is 4.57 Å². The molecule has 0 fully saturated rings. The van der Waals surface area contributed by atoms with Gasteiger partial charge in [-0.3, -0.25) is 0 Å². The van der Waals surface area contributed by atoms with E-state index < -0.39 is 7.14 Å². The maximum atomic E-state index is 14.8. The fourth-order valence-corrected chi connectivity index (χ4v) is 10.0. The van der Waals surface area contributed by atoms with Crippen LogP contribution in [0.25, 0.3) is 65.3 Å². The quantitative estimate of drug-likeness (QED) is 0.105. The van der Waals surface area contributed by atoms with Crippen LogP contribution in [-0.4, -0.2) is 0 Å². The second-order valence-electron chi connectivity index (χ2n) is 12.4. The Balaban J connectivity index is 1.17. The van der Waals surface area contributed by atoms with Gasteiger partial charge in [-0.15, -0.1) is 0 Å². The number of hydrogen-bond donors (Lipinski definition) is 0. The van der Waals surface area contributed by atoms with Gasteiger partial charge in [0.15, 0.2) is 7.14 Å². The number of benzene rings is 9. The lowest BCUT2D eigenvalue weighted by atomic mass is 9.87. The van der Waals surface area contributed by atoms with E-state index in [1.54, 1.807) is 0 Å². The van der Waals surface area contributed by atoms with E-state index in [2.05, 4.69) is 115 Å². The zero-order valence-electron chi connectivity index (χ0n) is 26.3. The SMILES string of the molecule is O=P(c1ccccc1)(c1ccccc1)c1ccc(-c2ccc(-c3c4ccc5ccccc5c4cc4c3ccc3ccccc34)cc2)cc1. The average molecular weight is 631 g/mol. The molecule has 0 saturated heterocycles. The minimum Gasteiger partial charge on any atom is -0.309 e. The van der Waals surface area contributed by atoms with Crippen molar-refractivity contribution in [3.63, 3.8) is 0 Å². The largest absolute Gasteiger partial charge is 0.309 e. The third-order valence-electron chi connectivity index (χ3n) is 9.75. The smallest absolute Gasteiger partial charge is 0.171 e. The maximum Gasteiger partial charge on any atom is 0.171 e. The Labute approximate surface area is 280 Å². The molecule has 48 heavy (non-hydrogen) atoms. The summed E-state index contributed by atoms with van der Waals surface area (Å²) in [6.45, 7) is 0. The molecule has 0 aliphatic heterocycles. The molecule has 0 bridgehead atoms. The third-order valence-corrected chi connectivity index (χ3v) is 12.8. The van der Waals surface area contributed by atoms with Crippen LogP contribution in [0.1, 0.15) is 0 Å². The molecule has 0 aromatic heterocycles. The van der Waals surface area contributed by atoms with Crippen molar-refractivity contribution in [3.8, 4) is 22.3 Å². The molecular weight excluding hydrogens is 599 g/mol. The molecule has 0 aliphatic carbocycles. The van der Waals surface area contributed by atoms with Gasteiger partial charge in [0.25, 0.3) is 0 Å². The lowest BCUT2D eigenvalue weighted by Crippen LogP contribution is -2.24. The normalized spacial score (nSPS) is 11.8. The van der Waals surface area contributed by atoms with Crippen molar-refractivity contribution in [2.45, 2.75) is 0 Å². The van der Waals surface area contributed by atoms with E-state index in [1.165, 1.54) is 54.2 Å². The van der Waals surface area contributed by atoms with Crippen molar-refractivity contribution in [3.05, 3.63) is 188 Å². The van der Waals surface area contributed by atoms with Gasteiger partial charge in [0.1, 0.15) is 0 Å². The van der Waals surface area contributed by atoms with Crippen molar-refractivity contribution >= 4 is 66.1 Å². The summed E-state index contributed by atoms with van der Waals surface area (Å²) in [5.74, 6) is 0. The highest BCUT2D eigenvalue weighted by Gasteiger charge is 2.29. The van der Waals surface area contributed by atoms with E-state index in [0.29, 0.717) is 0 Å². The van der Waals surface area contributed by atoms with Gasteiger partial charge in [-0.1, -0.05) is 182 Å². The minimum atomic E-state index is -3.02. The highest BCUT2D eigenvalue weighted by Crippen LogP contribution is 2.44. The molecule has 0 saturated carbocycles. The van der Waals surface area contributed by atoms with Gasteiger partial charge in [0, 0.05) is 15.9 Å². The molecule has 9 aromatic carbocycles. The van der Waals surface area contributed by atoms with Gasteiger partial charge in [-0.05, 0) is 71.4 Å². The van der Waals surface area contributed by atoms with Gasteiger partial charge in [-0.2, -0.15) is 0 Å². The van der Waals surface area contributed by atoms with Gasteiger partial charge in [0.2, 0.25) is 0 Å². The van der Waals surface area contributed by atoms with Crippen LogP contribution in [0.4, 0.5) is 0 Å². The molecule has 0 spiro atoms. The van der Waals surface area contributed by atoms with Crippen molar-refractivity contribution in [2.75, 3.05) is 0 Å². The third kappa shape index (κ3) is 4.59. The Hall–Kier alpha value is -5.75. The number of hydrogen-bond acceptors (Lipinski definition) is 1. The topological polar surface area (TPSA) is 17.1 Å². The Morgan fingerprint density at radius 3 is 1.19 bits per heavy atom. The van der Waals surface area contributed by atoms with E-state index in [4.69, 9.17) is 0 Å². The van der Waals surface area contributed by atoms with E-state index in [9.17, 15) is 4.57 Å². The molecule has 0 N–H and O–H groups in total. The summed E-state index contributed by atoms with van der Waals surface area (Å²) in [6, 6.07) is 65.7. The Morgan fingerprint density at radius 1 is 0.292 bits per heavy atom. The Morgan fingerprint density at radius 2 is 0.688 bits per heavy atom. The van der Waals surface area contributed by atoms with Crippen LogP contribution in [0, 0.1) is 0 Å². The molecule has 0 radical (unpaired) electrons. The molecule has 9 aromatic rings. The van der Waals surface area contributed by atoms with E-state index in [1.807, 2.05) is 72.8 Å². The minimum absolute atomic E-state index is 0.835. The van der Waals surface area contributed by atoms with Gasteiger partial charge in [0.05, 0.1) is 0 Å². The standard InChI is InChI=1S/C46H31OP/c47-48(37-13-3-1-4-14-37,38-15-5-2-6-16-38)39-27-23-33(24-28-39)32-19-21-36(22-20-32)46-42-29-25-34-11-7-9-17-40(34)44(42)31-45-41-18-10-8-12-35(41)26-30-43(45)46/h1-31H. The van der Waals surface area contributed by atoms with Crippen molar-refractivity contribution in [1.82, 2.24) is 0 Å². The second-order valence-corrected chi connectivity index (χ2v) is 15.2. The Bertz CT molecular complexity index is 2520. The summed E-state index contributed by atoms with van der Waals surface area (Å²) in [7, 11) is -3.02. The van der Waals surface area contributed by atoms with Gasteiger partial charge in [-0.25, -0.2) is 0 Å². The highest BCUT2D eigenvalue weighted by molar-refractivity contribution is 7.85. The highest BCUT2D eigenvalue weighted by atomic mass is 31.2. The van der Waals surface area contributed by atoms with Crippen LogP contribution in [0.15, 0.2) is 188 Å². The van der Waals surface area contributed by atoms with Crippen LogP contribution in [0.2, 0.25) is 0 Å². The van der Waals surface area contributed by atoms with Gasteiger partial charge < -0.3 is 4.57 Å². The maximum absolute atomic E-state index is 14.8. The molecule has 0 unspecified atom stereocenters. The number of rotatable bonds is 5. The molecule has 0 aliphatic rings. The predicted molar refractivity (Wildman–Crippen MR) is 207 cm³/mol. The summed E-state index contributed by atoms with van der Waals surface area (Å²) in [4.78, 5) is 0. The Kier molecular flexibility index (Phi) is 6.82. The predicted octanol–water partition coefficient (Wildman–Crippen LogP) is 11.3. The lowest BCUT2D eigenvalue weighted by molar-refractivity contribution is 0.592. The zero-order valence-corrected chi connectivity index (χ0v) is 27.1. The van der Waals surface area contributed by atoms with Crippen LogP contribution in [-0.2, 0) is 4.57 Å². The molecule has 1 nitrogen and oxygen atoms in total. The first-order valence-electron chi connectivity index (χ1n) is 16.4. The molecule has 0 atom stereocenters. The first-order chi connectivity index (χ1) is 23.7. The van der Waals surface area contributed by atoms with Crippen LogP contribution in [0.5, 0.6) is 0 Å². The monoisotopic (exact) mass is 630 g/mol. The molecule has 0 heterocycles. The summed E-state index contributed by atoms with van der Waals surface area (Å²) in [5, 5.41) is 12.6. The van der Waals surface area contributed by atoms with E-state index >= 15 is 0 Å². The van der Waals surface area contributed by atoms with Crippen LogP contribution < -0.4 is 15.9 Å².